The van der Waals surface area contributed by atoms with Gasteiger partial charge in [-0.3, -0.25) is 0 Å². The van der Waals surface area contributed by atoms with E-state index in [1.165, 1.54) is 14.2 Å². The molecule has 0 bridgehead atoms. The van der Waals surface area contributed by atoms with Crippen LogP contribution in [0.4, 0.5) is 9.59 Å². The van der Waals surface area contributed by atoms with Crippen LogP contribution >= 0.6 is 0 Å². The molecule has 24 heavy (non-hydrogen) atoms. The van der Waals surface area contributed by atoms with Gasteiger partial charge < -0.3 is 18.9 Å². The third-order valence-corrected chi connectivity index (χ3v) is 3.50. The van der Waals surface area contributed by atoms with Crippen molar-refractivity contribution >= 4 is 12.3 Å². The van der Waals surface area contributed by atoms with E-state index in [4.69, 9.17) is 9.47 Å². The third kappa shape index (κ3) is 4.49. The van der Waals surface area contributed by atoms with Crippen molar-refractivity contribution in [3.8, 4) is 11.5 Å². The summed E-state index contributed by atoms with van der Waals surface area (Å²) in [6, 6.07) is 14.3. The van der Waals surface area contributed by atoms with E-state index in [1.54, 1.807) is 24.3 Å². The van der Waals surface area contributed by atoms with Crippen molar-refractivity contribution in [3.05, 3.63) is 59.7 Å². The smallest absolute Gasteiger partial charge is 0.437 e. The van der Waals surface area contributed by atoms with Crippen molar-refractivity contribution < 1.29 is 28.5 Å². The number of hydrogen-bond acceptors (Lipinski definition) is 6. The van der Waals surface area contributed by atoms with E-state index < -0.39 is 12.3 Å². The highest BCUT2D eigenvalue weighted by molar-refractivity contribution is 5.64. The molecule has 0 unspecified atom stereocenters. The summed E-state index contributed by atoms with van der Waals surface area (Å²) in [4.78, 5) is 22.1. The SMILES string of the molecule is COC(=O)Oc1ccc(C(C)c2ccc(OC(=O)OC)cc2)cc1. The minimum atomic E-state index is -0.753. The Morgan fingerprint density at radius 1 is 0.708 bits per heavy atom. The lowest BCUT2D eigenvalue weighted by Crippen LogP contribution is -2.07. The number of carbonyl (C=O) groups excluding carboxylic acids is 2. The van der Waals surface area contributed by atoms with E-state index in [0.717, 1.165) is 11.1 Å². The zero-order valence-electron chi connectivity index (χ0n) is 13.6. The van der Waals surface area contributed by atoms with Crippen LogP contribution in [-0.2, 0) is 9.47 Å². The van der Waals surface area contributed by atoms with E-state index in [9.17, 15) is 9.59 Å². The largest absolute Gasteiger partial charge is 0.513 e. The topological polar surface area (TPSA) is 71.1 Å². The van der Waals surface area contributed by atoms with Gasteiger partial charge in [0, 0.05) is 5.92 Å². The Balaban J connectivity index is 2.06. The van der Waals surface area contributed by atoms with Crippen LogP contribution in [0.3, 0.4) is 0 Å². The molecular weight excluding hydrogens is 312 g/mol. The molecule has 0 amide bonds. The number of methoxy groups -OCH3 is 2. The van der Waals surface area contributed by atoms with Crippen LogP contribution in [0.1, 0.15) is 24.0 Å². The number of benzene rings is 2. The van der Waals surface area contributed by atoms with E-state index in [1.807, 2.05) is 31.2 Å². The van der Waals surface area contributed by atoms with E-state index in [-0.39, 0.29) is 5.92 Å². The molecule has 0 spiro atoms. The molecule has 0 radical (unpaired) electrons. The van der Waals surface area contributed by atoms with Crippen LogP contribution in [-0.4, -0.2) is 26.5 Å². The Morgan fingerprint density at radius 3 is 1.33 bits per heavy atom. The van der Waals surface area contributed by atoms with Crippen LogP contribution in [0, 0.1) is 0 Å². The predicted octanol–water partition coefficient (Wildman–Crippen LogP) is 4.13. The standard InChI is InChI=1S/C18H18O6/c1-12(13-4-8-15(9-5-13)23-17(19)21-2)14-6-10-16(11-7-14)24-18(20)22-3/h4-12H,1-3H3. The molecule has 0 aliphatic rings. The van der Waals surface area contributed by atoms with Crippen molar-refractivity contribution in [2.75, 3.05) is 14.2 Å². The minimum Gasteiger partial charge on any atom is -0.437 e. The first-order valence-corrected chi connectivity index (χ1v) is 7.25. The van der Waals surface area contributed by atoms with Gasteiger partial charge in [-0.05, 0) is 35.4 Å². The van der Waals surface area contributed by atoms with Gasteiger partial charge >= 0.3 is 12.3 Å². The molecule has 0 aliphatic heterocycles. The second-order valence-corrected chi connectivity index (χ2v) is 4.97. The minimum absolute atomic E-state index is 0.115. The van der Waals surface area contributed by atoms with Gasteiger partial charge in [0.15, 0.2) is 0 Å². The van der Waals surface area contributed by atoms with Crippen LogP contribution in [0.25, 0.3) is 0 Å². The lowest BCUT2D eigenvalue weighted by atomic mass is 9.93. The molecule has 2 rings (SSSR count). The van der Waals surface area contributed by atoms with Gasteiger partial charge in [-0.25, -0.2) is 9.59 Å². The summed E-state index contributed by atoms with van der Waals surface area (Å²) in [5.74, 6) is 0.948. The van der Waals surface area contributed by atoms with Gasteiger partial charge in [-0.15, -0.1) is 0 Å². The summed E-state index contributed by atoms with van der Waals surface area (Å²) in [6.45, 7) is 2.05. The molecule has 0 saturated carbocycles. The fraction of sp³-hybridized carbons (Fsp3) is 0.222. The van der Waals surface area contributed by atoms with Gasteiger partial charge in [-0.1, -0.05) is 31.2 Å². The van der Waals surface area contributed by atoms with Crippen LogP contribution in [0.5, 0.6) is 11.5 Å². The zero-order chi connectivity index (χ0) is 17.5. The Hall–Kier alpha value is -3.02. The van der Waals surface area contributed by atoms with Crippen molar-refractivity contribution in [2.24, 2.45) is 0 Å². The average Bonchev–Trinajstić information content (AvgIpc) is 2.62. The fourth-order valence-corrected chi connectivity index (χ4v) is 2.12. The lowest BCUT2D eigenvalue weighted by Gasteiger charge is -2.13. The van der Waals surface area contributed by atoms with E-state index >= 15 is 0 Å². The summed E-state index contributed by atoms with van der Waals surface area (Å²) in [7, 11) is 2.51. The van der Waals surface area contributed by atoms with Gasteiger partial charge in [-0.2, -0.15) is 0 Å². The van der Waals surface area contributed by atoms with E-state index in [2.05, 4.69) is 9.47 Å². The molecule has 126 valence electrons. The third-order valence-electron chi connectivity index (χ3n) is 3.50. The first kappa shape index (κ1) is 17.3. The highest BCUT2D eigenvalue weighted by atomic mass is 16.7. The van der Waals surface area contributed by atoms with E-state index in [0.29, 0.717) is 11.5 Å². The maximum absolute atomic E-state index is 11.1. The highest BCUT2D eigenvalue weighted by Gasteiger charge is 2.11. The van der Waals surface area contributed by atoms with Crippen LogP contribution in [0.2, 0.25) is 0 Å². The van der Waals surface area contributed by atoms with Crippen molar-refractivity contribution in [3.63, 3.8) is 0 Å². The molecule has 6 heteroatoms. The van der Waals surface area contributed by atoms with Gasteiger partial charge in [0.2, 0.25) is 0 Å². The summed E-state index contributed by atoms with van der Waals surface area (Å²) in [5.41, 5.74) is 2.10. The lowest BCUT2D eigenvalue weighted by molar-refractivity contribution is 0.120. The molecule has 6 nitrogen and oxygen atoms in total. The maximum Gasteiger partial charge on any atom is 0.513 e. The number of ether oxygens (including phenoxy) is 4. The monoisotopic (exact) mass is 330 g/mol. The molecular formula is C18H18O6. The Labute approximate surface area is 139 Å². The molecule has 2 aromatic rings. The van der Waals surface area contributed by atoms with Crippen LogP contribution in [0.15, 0.2) is 48.5 Å². The summed E-state index contributed by atoms with van der Waals surface area (Å²) >= 11 is 0. The zero-order valence-corrected chi connectivity index (χ0v) is 13.6. The maximum atomic E-state index is 11.1. The summed E-state index contributed by atoms with van der Waals surface area (Å²) in [6.07, 6.45) is -1.51. The molecule has 0 N–H and O–H groups in total. The molecule has 2 aromatic carbocycles. The Kier molecular flexibility index (Phi) is 5.78. The van der Waals surface area contributed by atoms with Crippen LogP contribution < -0.4 is 9.47 Å². The molecule has 0 fully saturated rings. The normalized spacial score (nSPS) is 10.2. The molecule has 0 saturated heterocycles. The average molecular weight is 330 g/mol. The van der Waals surface area contributed by atoms with Crippen molar-refractivity contribution in [2.45, 2.75) is 12.8 Å². The predicted molar refractivity (Wildman–Crippen MR) is 86.5 cm³/mol. The second kappa shape index (κ2) is 8.01. The molecule has 0 aliphatic carbocycles. The molecule has 0 aromatic heterocycles. The number of rotatable bonds is 4. The molecule has 0 atom stereocenters. The van der Waals surface area contributed by atoms with Gasteiger partial charge in [0.1, 0.15) is 11.5 Å². The Bertz CT molecular complexity index is 629. The second-order valence-electron chi connectivity index (χ2n) is 4.97. The first-order chi connectivity index (χ1) is 11.5. The summed E-state index contributed by atoms with van der Waals surface area (Å²) < 4.78 is 18.8. The fourth-order valence-electron chi connectivity index (χ4n) is 2.12. The highest BCUT2D eigenvalue weighted by Crippen LogP contribution is 2.27. The molecule has 0 heterocycles. The summed E-state index contributed by atoms with van der Waals surface area (Å²) in [5, 5.41) is 0. The quantitative estimate of drug-likeness (QED) is 0.620. The number of hydrogen-bond donors (Lipinski definition) is 0. The Morgan fingerprint density at radius 2 is 1.04 bits per heavy atom. The van der Waals surface area contributed by atoms with Crippen molar-refractivity contribution in [1.29, 1.82) is 0 Å². The van der Waals surface area contributed by atoms with Gasteiger partial charge in [0.25, 0.3) is 0 Å². The number of carbonyl (C=O) groups is 2. The first-order valence-electron chi connectivity index (χ1n) is 7.25. The van der Waals surface area contributed by atoms with Gasteiger partial charge in [0.05, 0.1) is 14.2 Å². The van der Waals surface area contributed by atoms with Crippen molar-refractivity contribution in [1.82, 2.24) is 0 Å².